The Balaban J connectivity index is 3.19. The first-order chi connectivity index (χ1) is 3.72. The summed E-state index contributed by atoms with van der Waals surface area (Å²) in [6, 6.07) is 0. The van der Waals surface area contributed by atoms with E-state index >= 15 is 0 Å². The van der Waals surface area contributed by atoms with Gasteiger partial charge in [0, 0.05) is 0 Å². The van der Waals surface area contributed by atoms with Crippen LogP contribution in [0.4, 0.5) is 0 Å². The first-order valence-corrected chi connectivity index (χ1v) is 2.49. The molecule has 1 aromatic heterocycles. The fraction of sp³-hybridized carbons (Fsp3) is 0.400. The molecule has 0 amide bonds. The van der Waals surface area contributed by atoms with Crippen LogP contribution in [0.1, 0.15) is 11.3 Å². The van der Waals surface area contributed by atoms with Gasteiger partial charge in [-0.05, 0) is 25.0 Å². The van der Waals surface area contributed by atoms with Gasteiger partial charge >= 0.3 is 0 Å². The molecule has 1 rings (SSSR count). The lowest BCUT2D eigenvalue weighted by Gasteiger charge is -1.84. The van der Waals surface area contributed by atoms with E-state index < -0.39 is 0 Å². The molecule has 2 nitrogen and oxygen atoms in total. The minimum absolute atomic E-state index is 0.669. The molecule has 1 aromatic rings. The van der Waals surface area contributed by atoms with E-state index in [4.69, 9.17) is 7.85 Å². The van der Waals surface area contributed by atoms with Gasteiger partial charge in [-0.2, -0.15) is 5.10 Å². The molecule has 0 fully saturated rings. The molecular weight excluding hydrogens is 98.9 g/mol. The van der Waals surface area contributed by atoms with Crippen molar-refractivity contribution in [3.8, 4) is 0 Å². The van der Waals surface area contributed by atoms with Crippen molar-refractivity contribution in [2.75, 3.05) is 0 Å². The van der Waals surface area contributed by atoms with Crippen LogP contribution in [0.25, 0.3) is 0 Å². The highest BCUT2D eigenvalue weighted by Crippen LogP contribution is 1.93. The van der Waals surface area contributed by atoms with Crippen molar-refractivity contribution in [1.29, 1.82) is 0 Å². The minimum atomic E-state index is 0.669. The number of rotatable bonds is 0. The molecule has 0 saturated heterocycles. The van der Waals surface area contributed by atoms with Gasteiger partial charge in [-0.1, -0.05) is 0 Å². The summed E-state index contributed by atoms with van der Waals surface area (Å²) in [5.74, 6) is 0. The maximum atomic E-state index is 5.42. The maximum absolute atomic E-state index is 5.42. The highest BCUT2D eigenvalue weighted by Gasteiger charge is 1.95. The van der Waals surface area contributed by atoms with Crippen molar-refractivity contribution < 1.29 is 0 Å². The van der Waals surface area contributed by atoms with Gasteiger partial charge in [-0.15, -0.1) is 0 Å². The Labute approximate surface area is 49.7 Å². The second-order valence-electron chi connectivity index (χ2n) is 1.85. The van der Waals surface area contributed by atoms with Crippen molar-refractivity contribution in [2.45, 2.75) is 13.8 Å². The number of H-pyrrole nitrogens is 1. The van der Waals surface area contributed by atoms with Crippen LogP contribution in [-0.4, -0.2) is 18.0 Å². The van der Waals surface area contributed by atoms with Crippen LogP contribution in [0.2, 0.25) is 0 Å². The molecular formula is C5H7BN2. The number of nitrogens with zero attached hydrogens (tertiary/aromatic N) is 1. The van der Waals surface area contributed by atoms with E-state index in [0.29, 0.717) is 5.59 Å². The van der Waals surface area contributed by atoms with E-state index in [2.05, 4.69) is 10.2 Å². The summed E-state index contributed by atoms with van der Waals surface area (Å²) >= 11 is 0. The smallest absolute Gasteiger partial charge is 0.141 e. The Morgan fingerprint density at radius 2 is 2.12 bits per heavy atom. The van der Waals surface area contributed by atoms with Crippen LogP contribution in [-0.2, 0) is 0 Å². The van der Waals surface area contributed by atoms with Crippen LogP contribution in [0.5, 0.6) is 0 Å². The molecule has 40 valence electrons. The predicted molar refractivity (Wildman–Crippen MR) is 33.4 cm³/mol. The molecule has 0 saturated carbocycles. The normalized spacial score (nSPS) is 9.75. The van der Waals surface area contributed by atoms with Crippen LogP contribution in [0, 0.1) is 13.8 Å². The molecule has 0 spiro atoms. The molecule has 0 aliphatic carbocycles. The zero-order chi connectivity index (χ0) is 6.15. The predicted octanol–water partition coefficient (Wildman–Crippen LogP) is -0.180. The van der Waals surface area contributed by atoms with E-state index in [-0.39, 0.29) is 0 Å². The molecule has 1 N–H and O–H groups in total. The molecule has 0 atom stereocenters. The molecule has 0 bridgehead atoms. The summed E-state index contributed by atoms with van der Waals surface area (Å²) in [6.45, 7) is 3.86. The Bertz CT molecular complexity index is 173. The van der Waals surface area contributed by atoms with Gasteiger partial charge in [-0.3, -0.25) is 5.10 Å². The fourth-order valence-electron chi connectivity index (χ4n) is 0.507. The molecule has 0 aliphatic rings. The molecule has 1 heterocycles. The first kappa shape index (κ1) is 5.41. The minimum Gasteiger partial charge on any atom is -0.293 e. The third kappa shape index (κ3) is 0.640. The number of hydrogen-bond donors (Lipinski definition) is 1. The van der Waals surface area contributed by atoms with E-state index in [1.54, 1.807) is 0 Å². The number of aromatic nitrogens is 2. The first-order valence-electron chi connectivity index (χ1n) is 2.49. The Hall–Kier alpha value is -0.725. The Morgan fingerprint density at radius 1 is 1.50 bits per heavy atom. The standard InChI is InChI=1S/C5H7BN2/c1-3-4(2)7-8-5(3)6/h1-2H3,(H,7,8). The molecule has 0 unspecified atom stereocenters. The third-order valence-electron chi connectivity index (χ3n) is 1.29. The topological polar surface area (TPSA) is 28.7 Å². The molecule has 8 heavy (non-hydrogen) atoms. The van der Waals surface area contributed by atoms with Crippen molar-refractivity contribution in [1.82, 2.24) is 10.2 Å². The van der Waals surface area contributed by atoms with E-state index in [0.717, 1.165) is 11.3 Å². The van der Waals surface area contributed by atoms with Gasteiger partial charge in [-0.25, -0.2) is 0 Å². The van der Waals surface area contributed by atoms with E-state index in [9.17, 15) is 0 Å². The maximum Gasteiger partial charge on any atom is 0.141 e. The van der Waals surface area contributed by atoms with Crippen molar-refractivity contribution in [3.05, 3.63) is 11.3 Å². The van der Waals surface area contributed by atoms with Gasteiger partial charge < -0.3 is 0 Å². The quantitative estimate of drug-likeness (QED) is 0.456. The highest BCUT2D eigenvalue weighted by atomic mass is 15.1. The number of nitrogens with one attached hydrogen (secondary N) is 1. The lowest BCUT2D eigenvalue weighted by atomic mass is 10.00. The van der Waals surface area contributed by atoms with Crippen molar-refractivity contribution in [3.63, 3.8) is 0 Å². The number of aryl methyl sites for hydroxylation is 1. The van der Waals surface area contributed by atoms with E-state index in [1.165, 1.54) is 0 Å². The van der Waals surface area contributed by atoms with Crippen LogP contribution >= 0.6 is 0 Å². The monoisotopic (exact) mass is 106 g/mol. The fourth-order valence-corrected chi connectivity index (χ4v) is 0.507. The van der Waals surface area contributed by atoms with Gasteiger partial charge in [0.2, 0.25) is 0 Å². The summed E-state index contributed by atoms with van der Waals surface area (Å²) in [6.07, 6.45) is 0. The SMILES string of the molecule is [B]c1[nH]nc(C)c1C. The molecule has 0 aliphatic heterocycles. The van der Waals surface area contributed by atoms with Gasteiger partial charge in [0.25, 0.3) is 0 Å². The number of aromatic amines is 1. The average Bonchev–Trinajstić information content (AvgIpc) is 1.98. The van der Waals surface area contributed by atoms with Gasteiger partial charge in [0.15, 0.2) is 0 Å². The highest BCUT2D eigenvalue weighted by molar-refractivity contribution is 6.31. The van der Waals surface area contributed by atoms with Crippen LogP contribution in [0.15, 0.2) is 0 Å². The third-order valence-corrected chi connectivity index (χ3v) is 1.29. The lowest BCUT2D eigenvalue weighted by molar-refractivity contribution is 1.06. The Kier molecular flexibility index (Phi) is 1.12. The summed E-state index contributed by atoms with van der Waals surface area (Å²) < 4.78 is 0. The van der Waals surface area contributed by atoms with Crippen molar-refractivity contribution in [2.24, 2.45) is 0 Å². The zero-order valence-electron chi connectivity index (χ0n) is 5.02. The van der Waals surface area contributed by atoms with E-state index in [1.807, 2.05) is 13.8 Å². The second kappa shape index (κ2) is 1.65. The molecule has 3 heteroatoms. The summed E-state index contributed by atoms with van der Waals surface area (Å²) in [7, 11) is 5.42. The van der Waals surface area contributed by atoms with Gasteiger partial charge in [0.05, 0.1) is 5.69 Å². The van der Waals surface area contributed by atoms with Crippen LogP contribution < -0.4 is 5.59 Å². The Morgan fingerprint density at radius 3 is 2.25 bits per heavy atom. The molecule has 2 radical (unpaired) electrons. The summed E-state index contributed by atoms with van der Waals surface area (Å²) in [4.78, 5) is 0. The average molecular weight is 106 g/mol. The van der Waals surface area contributed by atoms with Crippen molar-refractivity contribution >= 4 is 13.4 Å². The summed E-state index contributed by atoms with van der Waals surface area (Å²) in [5, 5.41) is 6.53. The van der Waals surface area contributed by atoms with Crippen LogP contribution in [0.3, 0.4) is 0 Å². The molecule has 0 aromatic carbocycles. The number of hydrogen-bond acceptors (Lipinski definition) is 1. The lowest BCUT2D eigenvalue weighted by Crippen LogP contribution is -2.05. The second-order valence-corrected chi connectivity index (χ2v) is 1.85. The summed E-state index contributed by atoms with van der Waals surface area (Å²) in [5.41, 5.74) is 2.69. The largest absolute Gasteiger partial charge is 0.293 e. The van der Waals surface area contributed by atoms with Gasteiger partial charge in [0.1, 0.15) is 7.85 Å². The zero-order valence-corrected chi connectivity index (χ0v) is 5.02.